The largest absolute Gasteiger partial charge is 0.370 e. The Hall–Kier alpha value is -0.970. The first-order chi connectivity index (χ1) is 5.07. The standard InChI is InChI=1S/C6H14N4O.ClH/c1-2-3-4(5(7)11)10-6(8)9;/h4H,2-3H2,1H3,(H2,7,11)(H4,8,9,10);1H. The predicted octanol–water partition coefficient (Wildman–Crippen LogP) is -0.455. The number of nitrogens with one attached hydrogen (secondary N) is 2. The second kappa shape index (κ2) is 6.72. The monoisotopic (exact) mass is 194 g/mol. The van der Waals surface area contributed by atoms with Gasteiger partial charge in [0.05, 0.1) is 0 Å². The van der Waals surface area contributed by atoms with Crippen LogP contribution in [0.4, 0.5) is 0 Å². The van der Waals surface area contributed by atoms with Crippen LogP contribution in [-0.4, -0.2) is 17.9 Å². The number of carbonyl (C=O) groups is 1. The molecule has 0 spiro atoms. The summed E-state index contributed by atoms with van der Waals surface area (Å²) in [6.45, 7) is 1.93. The maximum Gasteiger partial charge on any atom is 0.240 e. The van der Waals surface area contributed by atoms with E-state index < -0.39 is 11.9 Å². The minimum atomic E-state index is -0.502. The minimum Gasteiger partial charge on any atom is -0.370 e. The minimum absolute atomic E-state index is 0. The molecule has 5 nitrogen and oxygen atoms in total. The summed E-state index contributed by atoms with van der Waals surface area (Å²) in [5.74, 6) is -0.690. The Morgan fingerprint density at radius 2 is 2.08 bits per heavy atom. The van der Waals surface area contributed by atoms with Crippen LogP contribution in [0.3, 0.4) is 0 Å². The number of carbonyl (C=O) groups excluding carboxylic acids is 1. The number of guanidine groups is 1. The highest BCUT2D eigenvalue weighted by Crippen LogP contribution is 1.94. The Labute approximate surface area is 77.8 Å². The molecule has 0 rings (SSSR count). The molecule has 0 aliphatic rings. The van der Waals surface area contributed by atoms with Gasteiger partial charge in [-0.05, 0) is 6.42 Å². The van der Waals surface area contributed by atoms with Crippen LogP contribution in [0.15, 0.2) is 0 Å². The summed E-state index contributed by atoms with van der Waals surface area (Å²) in [5, 5.41) is 9.32. The Morgan fingerprint density at radius 1 is 1.58 bits per heavy atom. The molecule has 0 saturated carbocycles. The fourth-order valence-corrected chi connectivity index (χ4v) is 0.762. The van der Waals surface area contributed by atoms with E-state index in [0.717, 1.165) is 6.42 Å². The van der Waals surface area contributed by atoms with Gasteiger partial charge in [-0.15, -0.1) is 12.4 Å². The molecule has 0 bridgehead atoms. The van der Waals surface area contributed by atoms with E-state index in [4.69, 9.17) is 16.9 Å². The molecule has 0 aliphatic heterocycles. The smallest absolute Gasteiger partial charge is 0.240 e. The number of hydrogen-bond donors (Lipinski definition) is 4. The van der Waals surface area contributed by atoms with Crippen molar-refractivity contribution < 1.29 is 4.79 Å². The van der Waals surface area contributed by atoms with Crippen molar-refractivity contribution in [1.82, 2.24) is 5.32 Å². The molecule has 6 N–H and O–H groups in total. The average Bonchev–Trinajstić information content (AvgIpc) is 1.86. The van der Waals surface area contributed by atoms with E-state index in [2.05, 4.69) is 5.32 Å². The molecule has 0 aromatic rings. The van der Waals surface area contributed by atoms with E-state index in [0.29, 0.717) is 6.42 Å². The van der Waals surface area contributed by atoms with Gasteiger partial charge in [0.2, 0.25) is 5.91 Å². The second-order valence-electron chi connectivity index (χ2n) is 2.30. The summed E-state index contributed by atoms with van der Waals surface area (Å²) in [5.41, 5.74) is 10.0. The highest BCUT2D eigenvalue weighted by Gasteiger charge is 2.13. The third-order valence-electron chi connectivity index (χ3n) is 1.25. The van der Waals surface area contributed by atoms with Gasteiger partial charge in [-0.25, -0.2) is 0 Å². The van der Waals surface area contributed by atoms with Crippen molar-refractivity contribution in [3.05, 3.63) is 0 Å². The van der Waals surface area contributed by atoms with Crippen molar-refractivity contribution >= 4 is 24.3 Å². The van der Waals surface area contributed by atoms with E-state index in [1.807, 2.05) is 6.92 Å². The summed E-state index contributed by atoms with van der Waals surface area (Å²) >= 11 is 0. The molecule has 0 aromatic heterocycles. The number of halogens is 1. The molecule has 1 unspecified atom stereocenters. The highest BCUT2D eigenvalue weighted by atomic mass is 35.5. The van der Waals surface area contributed by atoms with Crippen molar-refractivity contribution in [3.8, 4) is 0 Å². The molecule has 0 radical (unpaired) electrons. The molecule has 0 aromatic carbocycles. The highest BCUT2D eigenvalue weighted by molar-refractivity contribution is 5.86. The number of rotatable bonds is 4. The first-order valence-electron chi connectivity index (χ1n) is 3.47. The number of hydrogen-bond acceptors (Lipinski definition) is 2. The maximum absolute atomic E-state index is 10.6. The maximum atomic E-state index is 10.6. The van der Waals surface area contributed by atoms with Crippen molar-refractivity contribution in [2.75, 3.05) is 0 Å². The van der Waals surface area contributed by atoms with Crippen LogP contribution < -0.4 is 16.8 Å². The lowest BCUT2D eigenvalue weighted by Gasteiger charge is -2.13. The van der Waals surface area contributed by atoms with Crippen LogP contribution in [0.2, 0.25) is 0 Å². The van der Waals surface area contributed by atoms with Crippen molar-refractivity contribution in [2.45, 2.75) is 25.8 Å². The molecule has 72 valence electrons. The first-order valence-corrected chi connectivity index (χ1v) is 3.47. The van der Waals surface area contributed by atoms with E-state index >= 15 is 0 Å². The Kier molecular flexibility index (Phi) is 7.62. The summed E-state index contributed by atoms with van der Waals surface area (Å²) in [6.07, 6.45) is 1.43. The molecule has 0 aliphatic carbocycles. The van der Waals surface area contributed by atoms with Crippen molar-refractivity contribution in [3.63, 3.8) is 0 Å². The zero-order valence-corrected chi connectivity index (χ0v) is 7.78. The van der Waals surface area contributed by atoms with Gasteiger partial charge in [0.1, 0.15) is 6.04 Å². The number of nitrogens with two attached hydrogens (primary N) is 2. The van der Waals surface area contributed by atoms with Crippen LogP contribution >= 0.6 is 12.4 Å². The fourth-order valence-electron chi connectivity index (χ4n) is 0.762. The molecule has 0 saturated heterocycles. The van der Waals surface area contributed by atoms with Crippen molar-refractivity contribution in [2.24, 2.45) is 11.5 Å². The molecular weight excluding hydrogens is 180 g/mol. The van der Waals surface area contributed by atoms with Gasteiger partial charge in [-0.2, -0.15) is 0 Å². The third-order valence-corrected chi connectivity index (χ3v) is 1.25. The molecule has 1 atom stereocenters. The lowest BCUT2D eigenvalue weighted by Crippen LogP contribution is -2.46. The molecule has 0 fully saturated rings. The summed E-state index contributed by atoms with van der Waals surface area (Å²) < 4.78 is 0. The molecular formula is C6H15ClN4O. The third kappa shape index (κ3) is 5.79. The molecule has 6 heteroatoms. The zero-order valence-electron chi connectivity index (χ0n) is 6.96. The lowest BCUT2D eigenvalue weighted by molar-refractivity contribution is -0.119. The number of primary amides is 1. The average molecular weight is 195 g/mol. The lowest BCUT2D eigenvalue weighted by atomic mass is 10.1. The summed E-state index contributed by atoms with van der Waals surface area (Å²) in [4.78, 5) is 10.6. The SMILES string of the molecule is CCCC(NC(=N)N)C(N)=O.Cl. The van der Waals surface area contributed by atoms with Crippen LogP contribution in [0.25, 0.3) is 0 Å². The van der Waals surface area contributed by atoms with Crippen LogP contribution in [0.5, 0.6) is 0 Å². The van der Waals surface area contributed by atoms with E-state index in [1.54, 1.807) is 0 Å². The van der Waals surface area contributed by atoms with Gasteiger partial charge in [0.15, 0.2) is 5.96 Å². The number of amides is 1. The fraction of sp³-hybridized carbons (Fsp3) is 0.667. The second-order valence-corrected chi connectivity index (χ2v) is 2.30. The van der Waals surface area contributed by atoms with Crippen LogP contribution in [0.1, 0.15) is 19.8 Å². The molecule has 0 heterocycles. The zero-order chi connectivity index (χ0) is 8.85. The molecule has 12 heavy (non-hydrogen) atoms. The van der Waals surface area contributed by atoms with Crippen LogP contribution in [-0.2, 0) is 4.79 Å². The topological polar surface area (TPSA) is 105 Å². The Balaban J connectivity index is 0. The van der Waals surface area contributed by atoms with Crippen LogP contribution in [0, 0.1) is 5.41 Å². The molecule has 1 amide bonds. The van der Waals surface area contributed by atoms with Gasteiger partial charge in [-0.1, -0.05) is 13.3 Å². The quantitative estimate of drug-likeness (QED) is 0.360. The van der Waals surface area contributed by atoms with Gasteiger partial charge in [0.25, 0.3) is 0 Å². The van der Waals surface area contributed by atoms with E-state index in [9.17, 15) is 4.79 Å². The summed E-state index contributed by atoms with van der Waals surface area (Å²) in [7, 11) is 0. The van der Waals surface area contributed by atoms with Gasteiger partial charge in [0, 0.05) is 0 Å². The predicted molar refractivity (Wildman–Crippen MR) is 50.2 cm³/mol. The summed E-state index contributed by atoms with van der Waals surface area (Å²) in [6, 6.07) is -0.502. The first kappa shape index (κ1) is 13.6. The normalized spacial score (nSPS) is 11.1. The van der Waals surface area contributed by atoms with Gasteiger partial charge >= 0.3 is 0 Å². The van der Waals surface area contributed by atoms with Crippen molar-refractivity contribution in [1.29, 1.82) is 5.41 Å². The Bertz CT molecular complexity index is 162. The van der Waals surface area contributed by atoms with Gasteiger partial charge < -0.3 is 16.8 Å². The Morgan fingerprint density at radius 3 is 2.33 bits per heavy atom. The van der Waals surface area contributed by atoms with E-state index in [-0.39, 0.29) is 18.4 Å². The van der Waals surface area contributed by atoms with Gasteiger partial charge in [-0.3, -0.25) is 10.2 Å². The van der Waals surface area contributed by atoms with E-state index in [1.165, 1.54) is 0 Å².